The highest BCUT2D eigenvalue weighted by molar-refractivity contribution is 5.83. The van der Waals surface area contributed by atoms with E-state index in [0.29, 0.717) is 0 Å². The lowest BCUT2D eigenvalue weighted by atomic mass is 10.0. The number of hydrogen-bond donors (Lipinski definition) is 0. The molecule has 0 saturated carbocycles. The van der Waals surface area contributed by atoms with Gasteiger partial charge in [-0.25, -0.2) is 0 Å². The minimum Gasteiger partial charge on any atom is -0.497 e. The van der Waals surface area contributed by atoms with Crippen molar-refractivity contribution in [3.05, 3.63) is 321 Å². The molecule has 0 amide bonds. The first-order valence-corrected chi connectivity index (χ1v) is 27.5. The van der Waals surface area contributed by atoms with E-state index in [1.807, 2.05) is 12.1 Å². The third-order valence-corrected chi connectivity index (χ3v) is 14.7. The molecule has 0 atom stereocenters. The molecule has 0 aliphatic rings. The maximum absolute atomic E-state index is 5.29. The number of methoxy groups -OCH3 is 1. The maximum Gasteiger partial charge on any atom is 0.119 e. The highest BCUT2D eigenvalue weighted by Crippen LogP contribution is 2.40. The van der Waals surface area contributed by atoms with Crippen LogP contribution in [0.25, 0.3) is 44.5 Å². The number of rotatable bonds is 15. The first kappa shape index (κ1) is 52.7. The van der Waals surface area contributed by atoms with Crippen LogP contribution in [0.5, 0.6) is 5.75 Å². The summed E-state index contributed by atoms with van der Waals surface area (Å²) in [5, 5.41) is 0. The van der Waals surface area contributed by atoms with Gasteiger partial charge in [-0.05, 0) is 190 Å². The Labute approximate surface area is 478 Å². The molecule has 0 unspecified atom stereocenters. The molecule has 394 valence electrons. The van der Waals surface area contributed by atoms with Gasteiger partial charge in [-0.1, -0.05) is 182 Å². The Morgan fingerprint density at radius 3 is 0.864 bits per heavy atom. The monoisotopic (exact) mass is 1050 g/mol. The van der Waals surface area contributed by atoms with Crippen molar-refractivity contribution in [2.45, 2.75) is 6.92 Å². The lowest BCUT2D eigenvalue weighted by Crippen LogP contribution is -2.10. The third kappa shape index (κ3) is 12.5. The quantitative estimate of drug-likeness (QED) is 0.102. The summed E-state index contributed by atoms with van der Waals surface area (Å²) in [6.45, 7) is 2.13. The topological polar surface area (TPSA) is 22.2 Å². The summed E-state index contributed by atoms with van der Waals surface area (Å²) in [4.78, 5) is 9.02. The summed E-state index contributed by atoms with van der Waals surface area (Å²) >= 11 is 0. The van der Waals surface area contributed by atoms with E-state index in [1.54, 1.807) is 7.11 Å². The Morgan fingerprint density at radius 2 is 0.494 bits per heavy atom. The molecule has 0 radical (unpaired) electrons. The van der Waals surface area contributed by atoms with Crippen LogP contribution in [0.1, 0.15) is 5.56 Å². The van der Waals surface area contributed by atoms with Crippen molar-refractivity contribution < 1.29 is 4.74 Å². The van der Waals surface area contributed by atoms with Crippen LogP contribution in [0.3, 0.4) is 0 Å². The number of benzene rings is 12. The fraction of sp³-hybridized carbons (Fsp3) is 0.0526. The molecule has 12 aromatic carbocycles. The molecule has 0 spiro atoms. The second kappa shape index (κ2) is 25.0. The zero-order valence-electron chi connectivity index (χ0n) is 46.2. The van der Waals surface area contributed by atoms with Crippen molar-refractivity contribution in [1.29, 1.82) is 0 Å². The van der Waals surface area contributed by atoms with Crippen LogP contribution in [0, 0.1) is 6.92 Å². The molecule has 5 nitrogen and oxygen atoms in total. The van der Waals surface area contributed by atoms with Gasteiger partial charge in [0.15, 0.2) is 0 Å². The fourth-order valence-corrected chi connectivity index (χ4v) is 10.3. The van der Waals surface area contributed by atoms with Crippen molar-refractivity contribution in [3.8, 4) is 50.3 Å². The van der Waals surface area contributed by atoms with E-state index in [4.69, 9.17) is 4.74 Å². The smallest absolute Gasteiger partial charge is 0.119 e. The van der Waals surface area contributed by atoms with E-state index in [2.05, 4.69) is 344 Å². The van der Waals surface area contributed by atoms with Gasteiger partial charge in [-0.2, -0.15) is 0 Å². The summed E-state index contributed by atoms with van der Waals surface area (Å²) < 4.78 is 5.29. The Morgan fingerprint density at radius 1 is 0.222 bits per heavy atom. The van der Waals surface area contributed by atoms with Gasteiger partial charge in [0.05, 0.1) is 7.11 Å². The standard InChI is InChI=1S/C38H32N2O.C38H32N2/c1-39(34-24-26-38(41-2)27-25-34)33-20-16-30(17-21-33)31-18-22-36(23-19-31)40(35-13-7-4-8-14-35)37-15-9-12-32(28-37)29-10-5-3-6-11-29;1-29-11-9-17-37(27-29)39(2)34-23-19-31(20-24-34)32-21-25-36(26-22-32)40(35-15-7-4-8-16-35)38-18-10-14-33(28-38)30-12-5-3-6-13-30/h3-28H,1-2H3;3-28H,1-2H3. The molecule has 12 aromatic rings. The Balaban J connectivity index is 0.000000170. The fourth-order valence-electron chi connectivity index (χ4n) is 10.3. The normalized spacial score (nSPS) is 10.7. The van der Waals surface area contributed by atoms with Gasteiger partial charge in [-0.3, -0.25) is 0 Å². The minimum absolute atomic E-state index is 0.857. The lowest BCUT2D eigenvalue weighted by Gasteiger charge is -2.26. The summed E-state index contributed by atoms with van der Waals surface area (Å²) in [6.07, 6.45) is 0. The molecular formula is C76H64N4O. The predicted molar refractivity (Wildman–Crippen MR) is 344 cm³/mol. The lowest BCUT2D eigenvalue weighted by molar-refractivity contribution is 0.415. The van der Waals surface area contributed by atoms with Crippen LogP contribution in [-0.4, -0.2) is 21.2 Å². The van der Waals surface area contributed by atoms with Crippen LogP contribution in [0.2, 0.25) is 0 Å². The zero-order valence-corrected chi connectivity index (χ0v) is 46.2. The molecule has 0 aliphatic carbocycles. The molecule has 12 rings (SSSR count). The van der Waals surface area contributed by atoms with Crippen LogP contribution in [-0.2, 0) is 0 Å². The van der Waals surface area contributed by atoms with Crippen LogP contribution in [0.4, 0.5) is 56.9 Å². The summed E-state index contributed by atoms with van der Waals surface area (Å²) in [5.41, 5.74) is 22.2. The van der Waals surface area contributed by atoms with Gasteiger partial charge >= 0.3 is 0 Å². The number of hydrogen-bond acceptors (Lipinski definition) is 5. The number of ether oxygens (including phenoxy) is 1. The van der Waals surface area contributed by atoms with Crippen LogP contribution < -0.4 is 24.3 Å². The number of nitrogens with zero attached hydrogens (tertiary/aromatic N) is 4. The van der Waals surface area contributed by atoms with Gasteiger partial charge < -0.3 is 24.3 Å². The largest absolute Gasteiger partial charge is 0.497 e. The van der Waals surface area contributed by atoms with Gasteiger partial charge in [0.2, 0.25) is 0 Å². The van der Waals surface area contributed by atoms with Crippen molar-refractivity contribution >= 4 is 56.9 Å². The molecule has 5 heteroatoms. The van der Waals surface area contributed by atoms with Crippen molar-refractivity contribution in [2.75, 3.05) is 40.8 Å². The van der Waals surface area contributed by atoms with Crippen molar-refractivity contribution in [1.82, 2.24) is 0 Å². The highest BCUT2D eigenvalue weighted by atomic mass is 16.5. The van der Waals surface area contributed by atoms with Crippen molar-refractivity contribution in [3.63, 3.8) is 0 Å². The van der Waals surface area contributed by atoms with Crippen LogP contribution in [0.15, 0.2) is 315 Å². The van der Waals surface area contributed by atoms with Gasteiger partial charge in [0, 0.05) is 71.0 Å². The summed E-state index contributed by atoms with van der Waals surface area (Å²) in [5.74, 6) is 0.857. The Kier molecular flexibility index (Phi) is 16.2. The van der Waals surface area contributed by atoms with E-state index < -0.39 is 0 Å². The molecule has 0 saturated heterocycles. The molecule has 81 heavy (non-hydrogen) atoms. The third-order valence-electron chi connectivity index (χ3n) is 14.7. The summed E-state index contributed by atoms with van der Waals surface area (Å²) in [6, 6.07) is 111. The minimum atomic E-state index is 0.857. The number of aryl methyl sites for hydroxylation is 1. The Bertz CT molecular complexity index is 3910. The van der Waals surface area contributed by atoms with E-state index in [-0.39, 0.29) is 0 Å². The van der Waals surface area contributed by atoms with Gasteiger partial charge in [-0.15, -0.1) is 0 Å². The molecular weight excluding hydrogens is 985 g/mol. The second-order valence-corrected chi connectivity index (χ2v) is 20.0. The highest BCUT2D eigenvalue weighted by Gasteiger charge is 2.16. The first-order valence-electron chi connectivity index (χ1n) is 27.5. The van der Waals surface area contributed by atoms with E-state index >= 15 is 0 Å². The average molecular weight is 1050 g/mol. The molecule has 0 N–H and O–H groups in total. The average Bonchev–Trinajstić information content (AvgIpc) is 3.55. The van der Waals surface area contributed by atoms with Crippen molar-refractivity contribution in [2.24, 2.45) is 0 Å². The second-order valence-electron chi connectivity index (χ2n) is 20.0. The summed E-state index contributed by atoms with van der Waals surface area (Å²) in [7, 11) is 5.88. The molecule has 0 fully saturated rings. The molecule has 0 aromatic heterocycles. The van der Waals surface area contributed by atoms with E-state index in [0.717, 1.165) is 51.2 Å². The molecule has 0 aliphatic heterocycles. The van der Waals surface area contributed by atoms with Crippen LogP contribution >= 0.6 is 0 Å². The maximum atomic E-state index is 5.29. The number of para-hydroxylation sites is 2. The molecule has 0 heterocycles. The molecule has 0 bridgehead atoms. The number of anilines is 10. The predicted octanol–water partition coefficient (Wildman–Crippen LogP) is 20.8. The van der Waals surface area contributed by atoms with E-state index in [1.165, 1.54) is 61.4 Å². The Hall–Kier alpha value is -10.4. The van der Waals surface area contributed by atoms with Gasteiger partial charge in [0.1, 0.15) is 5.75 Å². The zero-order chi connectivity index (χ0) is 55.3. The van der Waals surface area contributed by atoms with E-state index in [9.17, 15) is 0 Å². The first-order chi connectivity index (χ1) is 39.8. The SMILES string of the molecule is COc1ccc(N(C)c2ccc(-c3ccc(N(c4ccccc4)c4cccc(-c5ccccc5)c4)cc3)cc2)cc1.Cc1cccc(N(C)c2ccc(-c3ccc(N(c4ccccc4)c4cccc(-c5ccccc5)c4)cc3)cc2)c1. The van der Waals surface area contributed by atoms with Gasteiger partial charge in [0.25, 0.3) is 0 Å².